The van der Waals surface area contributed by atoms with Gasteiger partial charge in [-0.2, -0.15) is 0 Å². The molecule has 0 aliphatic carbocycles. The molecule has 1 aromatic carbocycles. The molecule has 6 nitrogen and oxygen atoms in total. The molecule has 27 heavy (non-hydrogen) atoms. The monoisotopic (exact) mass is 373 g/mol. The molecule has 3 amide bonds. The number of nitrogens with zero attached hydrogens (tertiary/aromatic N) is 2. The van der Waals surface area contributed by atoms with E-state index in [1.807, 2.05) is 41.0 Å². The first kappa shape index (κ1) is 19.5. The minimum absolute atomic E-state index is 0.0188. The summed E-state index contributed by atoms with van der Waals surface area (Å²) in [5.74, 6) is 1.00. The molecule has 0 aromatic heterocycles. The Morgan fingerprint density at radius 1 is 1.11 bits per heavy atom. The zero-order valence-corrected chi connectivity index (χ0v) is 16.3. The fourth-order valence-corrected chi connectivity index (χ4v) is 3.76. The third kappa shape index (κ3) is 5.62. The summed E-state index contributed by atoms with van der Waals surface area (Å²) in [4.78, 5) is 28.6. The van der Waals surface area contributed by atoms with Gasteiger partial charge in [0.25, 0.3) is 0 Å². The number of piperidine rings is 1. The van der Waals surface area contributed by atoms with E-state index in [0.29, 0.717) is 26.2 Å². The fraction of sp³-hybridized carbons (Fsp3) is 0.619. The molecule has 0 bridgehead atoms. The van der Waals surface area contributed by atoms with Crippen LogP contribution in [0.1, 0.15) is 37.7 Å². The summed E-state index contributed by atoms with van der Waals surface area (Å²) >= 11 is 0. The Labute approximate surface area is 161 Å². The van der Waals surface area contributed by atoms with Gasteiger partial charge in [-0.15, -0.1) is 0 Å². The fourth-order valence-electron chi connectivity index (χ4n) is 3.76. The third-order valence-corrected chi connectivity index (χ3v) is 5.39. The maximum absolute atomic E-state index is 12.4. The van der Waals surface area contributed by atoms with Gasteiger partial charge < -0.3 is 19.9 Å². The molecular weight excluding hydrogens is 342 g/mol. The van der Waals surface area contributed by atoms with Crippen molar-refractivity contribution in [2.24, 2.45) is 5.92 Å². The van der Waals surface area contributed by atoms with Gasteiger partial charge in [0, 0.05) is 38.6 Å². The average molecular weight is 373 g/mol. The number of hydrogen-bond acceptors (Lipinski definition) is 3. The van der Waals surface area contributed by atoms with E-state index in [1.165, 1.54) is 5.56 Å². The van der Waals surface area contributed by atoms with Crippen LogP contribution in [0.15, 0.2) is 24.3 Å². The lowest BCUT2D eigenvalue weighted by atomic mass is 9.96. The third-order valence-electron chi connectivity index (χ3n) is 5.39. The molecule has 0 saturated carbocycles. The van der Waals surface area contributed by atoms with E-state index in [0.717, 1.165) is 50.9 Å². The van der Waals surface area contributed by atoms with E-state index in [2.05, 4.69) is 5.32 Å². The normalized spacial score (nSPS) is 17.8. The quantitative estimate of drug-likeness (QED) is 0.780. The molecule has 0 unspecified atom stereocenters. The van der Waals surface area contributed by atoms with Crippen molar-refractivity contribution in [2.75, 3.05) is 39.3 Å². The largest absolute Gasteiger partial charge is 0.494 e. The zero-order chi connectivity index (χ0) is 19.1. The highest BCUT2D eigenvalue weighted by atomic mass is 16.5. The van der Waals surface area contributed by atoms with E-state index in [1.54, 1.807) is 0 Å². The standard InChI is InChI=1S/C21H31N3O3/c1-17-6-4-7-19(16-17)27-15-5-10-22-20(25)18-8-13-24(14-9-18)21(26)23-11-2-3-12-23/h4,6-7,16,18H,2-3,5,8-15H2,1H3,(H,22,25). The Morgan fingerprint density at radius 2 is 1.81 bits per heavy atom. The van der Waals surface area contributed by atoms with Crippen LogP contribution in [0, 0.1) is 12.8 Å². The average Bonchev–Trinajstić information content (AvgIpc) is 3.22. The smallest absolute Gasteiger partial charge is 0.319 e. The molecule has 0 atom stereocenters. The number of likely N-dealkylation sites (tertiary alicyclic amines) is 2. The topological polar surface area (TPSA) is 61.9 Å². The molecule has 1 N–H and O–H groups in total. The lowest BCUT2D eigenvalue weighted by Gasteiger charge is -2.34. The summed E-state index contributed by atoms with van der Waals surface area (Å²) < 4.78 is 5.70. The number of urea groups is 1. The lowest BCUT2D eigenvalue weighted by Crippen LogP contribution is -2.47. The van der Waals surface area contributed by atoms with Crippen LogP contribution in [0.25, 0.3) is 0 Å². The van der Waals surface area contributed by atoms with Gasteiger partial charge >= 0.3 is 6.03 Å². The number of ether oxygens (including phenoxy) is 1. The Morgan fingerprint density at radius 3 is 2.52 bits per heavy atom. The van der Waals surface area contributed by atoms with Crippen molar-refractivity contribution in [1.82, 2.24) is 15.1 Å². The second kappa shape index (κ2) is 9.62. The van der Waals surface area contributed by atoms with Crippen LogP contribution in [0.5, 0.6) is 5.75 Å². The molecule has 2 aliphatic rings. The summed E-state index contributed by atoms with van der Waals surface area (Å²) in [6.07, 6.45) is 4.51. The van der Waals surface area contributed by atoms with Gasteiger partial charge in [-0.25, -0.2) is 4.79 Å². The SMILES string of the molecule is Cc1cccc(OCCCNC(=O)C2CCN(C(=O)N3CCCC3)CC2)c1. The summed E-state index contributed by atoms with van der Waals surface area (Å²) in [6, 6.07) is 8.13. The number of hydrogen-bond donors (Lipinski definition) is 1. The van der Waals surface area contributed by atoms with E-state index in [4.69, 9.17) is 4.74 Å². The number of aryl methyl sites for hydroxylation is 1. The number of carbonyl (C=O) groups excluding carboxylic acids is 2. The first-order valence-corrected chi connectivity index (χ1v) is 10.1. The van der Waals surface area contributed by atoms with Crippen molar-refractivity contribution in [1.29, 1.82) is 0 Å². The van der Waals surface area contributed by atoms with Gasteiger partial charge in [0.1, 0.15) is 5.75 Å². The van der Waals surface area contributed by atoms with Crippen molar-refractivity contribution < 1.29 is 14.3 Å². The van der Waals surface area contributed by atoms with Crippen LogP contribution in [0.2, 0.25) is 0 Å². The number of carbonyl (C=O) groups is 2. The van der Waals surface area contributed by atoms with Gasteiger partial charge in [0.15, 0.2) is 0 Å². The van der Waals surface area contributed by atoms with Crippen LogP contribution in [0.3, 0.4) is 0 Å². The maximum Gasteiger partial charge on any atom is 0.319 e. The van der Waals surface area contributed by atoms with E-state index < -0.39 is 0 Å². The molecule has 6 heteroatoms. The van der Waals surface area contributed by atoms with Gasteiger partial charge in [-0.1, -0.05) is 12.1 Å². The molecule has 3 rings (SSSR count). The lowest BCUT2D eigenvalue weighted by molar-refractivity contribution is -0.126. The highest BCUT2D eigenvalue weighted by molar-refractivity contribution is 5.79. The minimum atomic E-state index is 0.0188. The molecule has 1 aromatic rings. The molecule has 0 radical (unpaired) electrons. The summed E-state index contributed by atoms with van der Waals surface area (Å²) in [6.45, 7) is 6.38. The van der Waals surface area contributed by atoms with Crippen molar-refractivity contribution in [3.63, 3.8) is 0 Å². The molecular formula is C21H31N3O3. The predicted octanol–water partition coefficient (Wildman–Crippen LogP) is 2.81. The summed E-state index contributed by atoms with van der Waals surface area (Å²) in [7, 11) is 0. The Bertz CT molecular complexity index is 635. The van der Waals surface area contributed by atoms with Crippen molar-refractivity contribution >= 4 is 11.9 Å². The Kier molecular flexibility index (Phi) is 6.96. The molecule has 2 heterocycles. The number of rotatable bonds is 6. The second-order valence-corrected chi connectivity index (χ2v) is 7.55. The molecule has 2 aliphatic heterocycles. The van der Waals surface area contributed by atoms with E-state index in [9.17, 15) is 9.59 Å². The summed E-state index contributed by atoms with van der Waals surface area (Å²) in [5.41, 5.74) is 1.18. The van der Waals surface area contributed by atoms with Crippen LogP contribution >= 0.6 is 0 Å². The van der Waals surface area contributed by atoms with Gasteiger partial charge in [0.05, 0.1) is 6.61 Å². The van der Waals surface area contributed by atoms with Crippen LogP contribution in [-0.2, 0) is 4.79 Å². The first-order valence-electron chi connectivity index (χ1n) is 10.1. The summed E-state index contributed by atoms with van der Waals surface area (Å²) in [5, 5.41) is 3.02. The predicted molar refractivity (Wildman–Crippen MR) is 105 cm³/mol. The van der Waals surface area contributed by atoms with Crippen LogP contribution in [0.4, 0.5) is 4.79 Å². The van der Waals surface area contributed by atoms with Crippen molar-refractivity contribution in [3.8, 4) is 5.75 Å². The van der Waals surface area contributed by atoms with Crippen LogP contribution in [-0.4, -0.2) is 61.1 Å². The Balaban J connectivity index is 1.29. The van der Waals surface area contributed by atoms with Crippen molar-refractivity contribution in [3.05, 3.63) is 29.8 Å². The van der Waals surface area contributed by atoms with E-state index >= 15 is 0 Å². The number of amides is 3. The van der Waals surface area contributed by atoms with Gasteiger partial charge in [0.2, 0.25) is 5.91 Å². The maximum atomic E-state index is 12.4. The Hall–Kier alpha value is -2.24. The van der Waals surface area contributed by atoms with E-state index in [-0.39, 0.29) is 17.9 Å². The molecule has 148 valence electrons. The van der Waals surface area contributed by atoms with Gasteiger partial charge in [-0.3, -0.25) is 4.79 Å². The first-order chi connectivity index (χ1) is 13.1. The van der Waals surface area contributed by atoms with Crippen molar-refractivity contribution in [2.45, 2.75) is 39.0 Å². The highest BCUT2D eigenvalue weighted by Crippen LogP contribution is 2.20. The van der Waals surface area contributed by atoms with Crippen LogP contribution < -0.4 is 10.1 Å². The zero-order valence-electron chi connectivity index (χ0n) is 16.3. The number of nitrogens with one attached hydrogen (secondary N) is 1. The molecule has 2 fully saturated rings. The highest BCUT2D eigenvalue weighted by Gasteiger charge is 2.30. The molecule has 2 saturated heterocycles. The van der Waals surface area contributed by atoms with Gasteiger partial charge in [-0.05, 0) is 56.7 Å². The molecule has 0 spiro atoms. The second-order valence-electron chi connectivity index (χ2n) is 7.55. The minimum Gasteiger partial charge on any atom is -0.494 e. The number of benzene rings is 1.